The van der Waals surface area contributed by atoms with Crippen molar-refractivity contribution >= 4 is 23.4 Å². The zero-order chi connectivity index (χ0) is 17.1. The van der Waals surface area contributed by atoms with E-state index in [1.54, 1.807) is 19.4 Å². The summed E-state index contributed by atoms with van der Waals surface area (Å²) in [4.78, 5) is 16.5. The second-order valence-corrected chi connectivity index (χ2v) is 6.30. The molecule has 0 saturated carbocycles. The smallest absolute Gasteiger partial charge is 0.407 e. The molecule has 3 rings (SSSR count). The third-order valence-electron chi connectivity index (χ3n) is 4.17. The van der Waals surface area contributed by atoms with Gasteiger partial charge in [0.25, 0.3) is 0 Å². The average molecular weight is 347 g/mol. The van der Waals surface area contributed by atoms with Gasteiger partial charge in [0, 0.05) is 50.0 Å². The van der Waals surface area contributed by atoms with E-state index < -0.39 is 6.09 Å². The first-order valence-corrected chi connectivity index (χ1v) is 8.05. The molecule has 0 aliphatic carbocycles. The van der Waals surface area contributed by atoms with E-state index in [4.69, 9.17) is 11.6 Å². The molecule has 1 aliphatic rings. The van der Waals surface area contributed by atoms with Crippen molar-refractivity contribution in [3.05, 3.63) is 58.9 Å². The van der Waals surface area contributed by atoms with Crippen molar-refractivity contribution in [2.24, 2.45) is 0 Å². The molecule has 126 valence electrons. The predicted molar refractivity (Wildman–Crippen MR) is 93.1 cm³/mol. The predicted octanol–water partition coefficient (Wildman–Crippen LogP) is 3.27. The molecule has 1 amide bonds. The summed E-state index contributed by atoms with van der Waals surface area (Å²) in [5.74, 6) is 0.0443. The molecule has 0 spiro atoms. The molecule has 0 radical (unpaired) electrons. The van der Waals surface area contributed by atoms with Gasteiger partial charge >= 0.3 is 6.09 Å². The second kappa shape index (κ2) is 7.07. The number of hydrogen-bond donors (Lipinski definition) is 2. The first kappa shape index (κ1) is 16.5. The average Bonchev–Trinajstić information content (AvgIpc) is 2.56. The lowest BCUT2D eigenvalue weighted by molar-refractivity contribution is 0.148. The number of fused-ring (bicyclic) bond motifs is 1. The lowest BCUT2D eigenvalue weighted by Gasteiger charge is -2.36. The number of nitrogens with zero attached hydrogens (tertiary/aromatic N) is 3. The van der Waals surface area contributed by atoms with E-state index in [1.807, 2.05) is 30.3 Å². The van der Waals surface area contributed by atoms with Crippen LogP contribution in [0.3, 0.4) is 0 Å². The largest absolute Gasteiger partial charge is 0.465 e. The minimum absolute atomic E-state index is 0.0443. The molecule has 2 N–H and O–H groups in total. The molecule has 2 aromatic rings. The van der Waals surface area contributed by atoms with E-state index >= 15 is 0 Å². The van der Waals surface area contributed by atoms with E-state index in [-0.39, 0.29) is 5.92 Å². The zero-order valence-corrected chi connectivity index (χ0v) is 14.1. The number of hydrogen-bond acceptors (Lipinski definition) is 4. The third kappa shape index (κ3) is 3.60. The van der Waals surface area contributed by atoms with Crippen molar-refractivity contribution < 1.29 is 9.90 Å². The first-order valence-electron chi connectivity index (χ1n) is 7.67. The Morgan fingerprint density at radius 3 is 2.88 bits per heavy atom. The molecule has 0 bridgehead atoms. The van der Waals surface area contributed by atoms with E-state index in [0.29, 0.717) is 24.7 Å². The Morgan fingerprint density at radius 1 is 1.42 bits per heavy atom. The van der Waals surface area contributed by atoms with Crippen LogP contribution >= 0.6 is 11.6 Å². The monoisotopic (exact) mass is 346 g/mol. The third-order valence-corrected chi connectivity index (χ3v) is 4.53. The molecular weight excluding hydrogens is 328 g/mol. The van der Waals surface area contributed by atoms with Crippen molar-refractivity contribution in [3.63, 3.8) is 0 Å². The number of rotatable bonds is 4. The highest BCUT2D eigenvalue weighted by atomic mass is 35.5. The number of anilines is 1. The number of carbonyl (C=O) groups is 1. The Bertz CT molecular complexity index is 726. The van der Waals surface area contributed by atoms with Crippen LogP contribution in [-0.4, -0.2) is 46.2 Å². The molecule has 24 heavy (non-hydrogen) atoms. The fourth-order valence-electron chi connectivity index (χ4n) is 3.00. The molecule has 0 saturated heterocycles. The summed E-state index contributed by atoms with van der Waals surface area (Å²) in [5, 5.41) is 11.9. The molecule has 1 atom stereocenters. The SMILES string of the molecule is CN(CC1CN(Nc2ccncc2)Cc2c(Cl)cccc21)C(=O)O. The molecule has 7 heteroatoms. The highest BCUT2D eigenvalue weighted by Crippen LogP contribution is 2.33. The summed E-state index contributed by atoms with van der Waals surface area (Å²) in [5.41, 5.74) is 6.44. The molecule has 1 unspecified atom stereocenters. The number of likely N-dealkylation sites (N-methyl/N-ethyl adjacent to an activating group) is 1. The van der Waals surface area contributed by atoms with Crippen LogP contribution in [-0.2, 0) is 6.54 Å². The summed E-state index contributed by atoms with van der Waals surface area (Å²) in [6, 6.07) is 9.60. The van der Waals surface area contributed by atoms with E-state index in [0.717, 1.165) is 16.8 Å². The maximum Gasteiger partial charge on any atom is 0.407 e. The van der Waals surface area contributed by atoms with E-state index in [1.165, 1.54) is 4.90 Å². The normalized spacial score (nSPS) is 17.2. The minimum Gasteiger partial charge on any atom is -0.465 e. The van der Waals surface area contributed by atoms with Crippen LogP contribution in [0.25, 0.3) is 0 Å². The maximum atomic E-state index is 11.2. The van der Waals surface area contributed by atoms with Crippen molar-refractivity contribution in [2.45, 2.75) is 12.5 Å². The van der Waals surface area contributed by atoms with Gasteiger partial charge in [-0.15, -0.1) is 0 Å². The van der Waals surface area contributed by atoms with Gasteiger partial charge < -0.3 is 15.4 Å². The Labute approximate surface area is 145 Å². The number of aromatic nitrogens is 1. The highest BCUT2D eigenvalue weighted by Gasteiger charge is 2.28. The van der Waals surface area contributed by atoms with Gasteiger partial charge in [-0.2, -0.15) is 0 Å². The fraction of sp³-hybridized carbons (Fsp3) is 0.294. The Kier molecular flexibility index (Phi) is 4.87. The standard InChI is InChI=1S/C17H19ClN4O2/c1-21(17(23)24)9-12-10-22(20-13-5-7-19-8-6-13)11-15-14(12)3-2-4-16(15)18/h2-8,12H,9-11H2,1H3,(H,19,20)(H,23,24). The van der Waals surface area contributed by atoms with Crippen molar-refractivity contribution in [3.8, 4) is 0 Å². The Balaban J connectivity index is 1.85. The lowest BCUT2D eigenvalue weighted by Crippen LogP contribution is -2.42. The van der Waals surface area contributed by atoms with Crippen LogP contribution in [0.2, 0.25) is 5.02 Å². The summed E-state index contributed by atoms with van der Waals surface area (Å²) in [6.07, 6.45) is 2.52. The van der Waals surface area contributed by atoms with Crippen LogP contribution in [0.15, 0.2) is 42.7 Å². The zero-order valence-electron chi connectivity index (χ0n) is 13.3. The van der Waals surface area contributed by atoms with Crippen LogP contribution < -0.4 is 5.43 Å². The molecule has 6 nitrogen and oxygen atoms in total. The lowest BCUT2D eigenvalue weighted by atomic mass is 9.90. The first-order chi connectivity index (χ1) is 11.5. The molecule has 1 aromatic carbocycles. The number of hydrazine groups is 1. The quantitative estimate of drug-likeness (QED) is 0.889. The summed E-state index contributed by atoms with van der Waals surface area (Å²) >= 11 is 6.38. The molecule has 2 heterocycles. The molecule has 0 fully saturated rings. The number of halogens is 1. The topological polar surface area (TPSA) is 68.7 Å². The van der Waals surface area contributed by atoms with Crippen LogP contribution in [0, 0.1) is 0 Å². The fourth-order valence-corrected chi connectivity index (χ4v) is 3.24. The number of benzene rings is 1. The van der Waals surface area contributed by atoms with Crippen LogP contribution in [0.5, 0.6) is 0 Å². The maximum absolute atomic E-state index is 11.2. The number of pyridine rings is 1. The van der Waals surface area contributed by atoms with Gasteiger partial charge in [0.05, 0.1) is 5.69 Å². The number of carboxylic acid groups (broad SMARTS) is 1. The number of nitrogens with one attached hydrogen (secondary N) is 1. The summed E-state index contributed by atoms with van der Waals surface area (Å²) in [7, 11) is 1.59. The van der Waals surface area contributed by atoms with Gasteiger partial charge in [-0.1, -0.05) is 23.7 Å². The van der Waals surface area contributed by atoms with Crippen molar-refractivity contribution in [2.75, 3.05) is 25.6 Å². The summed E-state index contributed by atoms with van der Waals surface area (Å²) in [6.45, 7) is 1.76. The van der Waals surface area contributed by atoms with Gasteiger partial charge in [-0.05, 0) is 29.3 Å². The van der Waals surface area contributed by atoms with Gasteiger partial charge in [-0.25, -0.2) is 9.80 Å². The minimum atomic E-state index is -0.933. The van der Waals surface area contributed by atoms with Crippen LogP contribution in [0.1, 0.15) is 17.0 Å². The molecular formula is C17H19ClN4O2. The van der Waals surface area contributed by atoms with Gasteiger partial charge in [0.15, 0.2) is 0 Å². The second-order valence-electron chi connectivity index (χ2n) is 5.90. The van der Waals surface area contributed by atoms with E-state index in [2.05, 4.69) is 15.4 Å². The van der Waals surface area contributed by atoms with Crippen LogP contribution in [0.4, 0.5) is 10.5 Å². The van der Waals surface area contributed by atoms with Gasteiger partial charge in [0.1, 0.15) is 0 Å². The Morgan fingerprint density at radius 2 is 2.17 bits per heavy atom. The van der Waals surface area contributed by atoms with Crippen molar-refractivity contribution in [1.82, 2.24) is 14.9 Å². The van der Waals surface area contributed by atoms with Gasteiger partial charge in [-0.3, -0.25) is 4.98 Å². The van der Waals surface area contributed by atoms with E-state index in [9.17, 15) is 9.90 Å². The number of amides is 1. The highest BCUT2D eigenvalue weighted by molar-refractivity contribution is 6.31. The molecule has 1 aliphatic heterocycles. The summed E-state index contributed by atoms with van der Waals surface area (Å²) < 4.78 is 0. The van der Waals surface area contributed by atoms with Crippen molar-refractivity contribution in [1.29, 1.82) is 0 Å². The molecule has 1 aromatic heterocycles. The Hall–Kier alpha value is -2.31. The van der Waals surface area contributed by atoms with Gasteiger partial charge in [0.2, 0.25) is 0 Å².